The number of rotatable bonds is 4. The first-order valence-corrected chi connectivity index (χ1v) is 8.82. The van der Waals surface area contributed by atoms with Gasteiger partial charge in [0.15, 0.2) is 0 Å². The number of nitrogens with two attached hydrogens (primary N) is 1. The molecule has 0 unspecified atom stereocenters. The Kier molecular flexibility index (Phi) is 4.26. The minimum Gasteiger partial charge on any atom is -0.447 e. The summed E-state index contributed by atoms with van der Waals surface area (Å²) in [7, 11) is -3.62. The van der Waals surface area contributed by atoms with Gasteiger partial charge >= 0.3 is 0 Å². The van der Waals surface area contributed by atoms with E-state index in [9.17, 15) is 8.42 Å². The topological polar surface area (TPSA) is 85.3 Å². The third-order valence-electron chi connectivity index (χ3n) is 3.98. The van der Waals surface area contributed by atoms with Crippen LogP contribution in [0.25, 0.3) is 0 Å². The lowest BCUT2D eigenvalue weighted by Gasteiger charge is -2.44. The van der Waals surface area contributed by atoms with Crippen molar-refractivity contribution in [3.05, 3.63) is 17.9 Å². The van der Waals surface area contributed by atoms with Crippen LogP contribution in [0.3, 0.4) is 0 Å². The molecule has 3 N–H and O–H groups in total. The quantitative estimate of drug-likeness (QED) is 0.894. The molecule has 5 nitrogen and oxygen atoms in total. The molecule has 0 spiro atoms. The van der Waals surface area contributed by atoms with E-state index in [1.807, 2.05) is 0 Å². The molecular formula is C15H26N2O3S. The molecule has 120 valence electrons. The Bertz CT molecular complexity index is 586. The first-order chi connectivity index (χ1) is 9.53. The lowest BCUT2D eigenvalue weighted by Crippen LogP contribution is -2.45. The van der Waals surface area contributed by atoms with Crippen LogP contribution in [-0.2, 0) is 16.6 Å². The summed E-state index contributed by atoms with van der Waals surface area (Å²) in [4.78, 5) is 0. The van der Waals surface area contributed by atoms with Crippen molar-refractivity contribution in [2.45, 2.75) is 64.6 Å². The third kappa shape index (κ3) is 4.08. The van der Waals surface area contributed by atoms with Gasteiger partial charge in [-0.3, -0.25) is 0 Å². The molecule has 1 aromatic rings. The molecule has 0 radical (unpaired) electrons. The predicted octanol–water partition coefficient (Wildman–Crippen LogP) is 2.62. The molecule has 1 aliphatic rings. The van der Waals surface area contributed by atoms with E-state index >= 15 is 0 Å². The minimum atomic E-state index is -3.62. The summed E-state index contributed by atoms with van der Waals surface area (Å²) in [6, 6.07) is 2.99. The van der Waals surface area contributed by atoms with Crippen LogP contribution in [0.15, 0.2) is 21.6 Å². The molecule has 1 fully saturated rings. The second kappa shape index (κ2) is 5.41. The molecule has 0 bridgehead atoms. The molecule has 0 amide bonds. The Hall–Kier alpha value is -0.850. The largest absolute Gasteiger partial charge is 0.447 e. The van der Waals surface area contributed by atoms with Crippen LogP contribution in [0, 0.1) is 10.8 Å². The highest BCUT2D eigenvalue weighted by Crippen LogP contribution is 2.45. The summed E-state index contributed by atoms with van der Waals surface area (Å²) in [5.41, 5.74) is 5.70. The van der Waals surface area contributed by atoms with E-state index in [0.717, 1.165) is 19.3 Å². The highest BCUT2D eigenvalue weighted by atomic mass is 32.2. The van der Waals surface area contributed by atoms with Crippen molar-refractivity contribution in [1.29, 1.82) is 0 Å². The number of nitrogens with one attached hydrogen (secondary N) is 1. The maximum Gasteiger partial charge on any atom is 0.274 e. The molecule has 0 aliphatic heterocycles. The molecule has 1 saturated carbocycles. The summed E-state index contributed by atoms with van der Waals surface area (Å²) in [5.74, 6) is 0.472. The van der Waals surface area contributed by atoms with Gasteiger partial charge in [0, 0.05) is 6.04 Å². The van der Waals surface area contributed by atoms with E-state index in [0.29, 0.717) is 5.76 Å². The monoisotopic (exact) mass is 314 g/mol. The van der Waals surface area contributed by atoms with Crippen LogP contribution >= 0.6 is 0 Å². The van der Waals surface area contributed by atoms with Crippen molar-refractivity contribution in [3.63, 3.8) is 0 Å². The van der Waals surface area contributed by atoms with Crippen LogP contribution < -0.4 is 10.5 Å². The zero-order chi connectivity index (χ0) is 15.9. The number of hydrogen-bond acceptors (Lipinski definition) is 4. The first-order valence-electron chi connectivity index (χ1n) is 7.34. The molecule has 1 aromatic heterocycles. The molecule has 0 saturated heterocycles. The average Bonchev–Trinajstić information content (AvgIpc) is 2.72. The summed E-state index contributed by atoms with van der Waals surface area (Å²) in [6.45, 7) is 8.95. The fourth-order valence-corrected chi connectivity index (χ4v) is 5.00. The van der Waals surface area contributed by atoms with Crippen molar-refractivity contribution in [3.8, 4) is 0 Å². The van der Waals surface area contributed by atoms with E-state index in [1.54, 1.807) is 6.07 Å². The maximum absolute atomic E-state index is 12.4. The van der Waals surface area contributed by atoms with Gasteiger partial charge in [0.05, 0.1) is 6.54 Å². The molecule has 1 aliphatic carbocycles. The predicted molar refractivity (Wildman–Crippen MR) is 82.1 cm³/mol. The van der Waals surface area contributed by atoms with Gasteiger partial charge in [0.2, 0.25) is 5.09 Å². The van der Waals surface area contributed by atoms with Crippen LogP contribution in [-0.4, -0.2) is 14.5 Å². The zero-order valence-corrected chi connectivity index (χ0v) is 14.1. The Morgan fingerprint density at radius 2 is 1.81 bits per heavy atom. The summed E-state index contributed by atoms with van der Waals surface area (Å²) >= 11 is 0. The van der Waals surface area contributed by atoms with Gasteiger partial charge in [0.1, 0.15) is 5.76 Å². The zero-order valence-electron chi connectivity index (χ0n) is 13.3. The average molecular weight is 314 g/mol. The number of sulfonamides is 1. The van der Waals surface area contributed by atoms with Crippen molar-refractivity contribution >= 4 is 10.0 Å². The summed E-state index contributed by atoms with van der Waals surface area (Å²) < 4.78 is 32.9. The van der Waals surface area contributed by atoms with E-state index in [2.05, 4.69) is 32.4 Å². The highest BCUT2D eigenvalue weighted by Gasteiger charge is 2.40. The lowest BCUT2D eigenvalue weighted by atomic mass is 9.64. The molecule has 6 heteroatoms. The Morgan fingerprint density at radius 3 is 2.29 bits per heavy atom. The van der Waals surface area contributed by atoms with Gasteiger partial charge in [-0.1, -0.05) is 27.7 Å². The van der Waals surface area contributed by atoms with Gasteiger partial charge in [-0.15, -0.1) is 0 Å². The Morgan fingerprint density at radius 1 is 1.24 bits per heavy atom. The van der Waals surface area contributed by atoms with Gasteiger partial charge in [-0.05, 0) is 42.2 Å². The minimum absolute atomic E-state index is 0.0517. The van der Waals surface area contributed by atoms with Crippen molar-refractivity contribution in [2.24, 2.45) is 16.6 Å². The number of hydrogen-bond donors (Lipinski definition) is 2. The standard InChI is InChI=1S/C15H26N2O3S/c1-14(2)7-11(8-15(3,4)10-14)17-21(18,19)13-6-5-12(9-16)20-13/h5-6,11,17H,7-10,16H2,1-4H3. The Labute approximate surface area is 127 Å². The second-order valence-electron chi connectivity index (χ2n) is 7.66. The maximum atomic E-state index is 12.4. The van der Waals surface area contributed by atoms with Crippen molar-refractivity contribution < 1.29 is 12.8 Å². The molecular weight excluding hydrogens is 288 g/mol. The first kappa shape index (κ1) is 16.5. The third-order valence-corrected chi connectivity index (χ3v) is 5.37. The van der Waals surface area contributed by atoms with Gasteiger partial charge in [-0.25, -0.2) is 13.1 Å². The molecule has 0 aromatic carbocycles. The SMILES string of the molecule is CC1(C)CC(NS(=O)(=O)c2ccc(CN)o2)CC(C)(C)C1. The normalized spacial score (nSPS) is 22.3. The fraction of sp³-hybridized carbons (Fsp3) is 0.733. The van der Waals surface area contributed by atoms with Crippen LogP contribution in [0.1, 0.15) is 52.7 Å². The van der Waals surface area contributed by atoms with Gasteiger partial charge in [-0.2, -0.15) is 0 Å². The van der Waals surface area contributed by atoms with Gasteiger partial charge < -0.3 is 10.2 Å². The summed E-state index contributed by atoms with van der Waals surface area (Å²) in [5, 5.41) is -0.0517. The van der Waals surface area contributed by atoms with E-state index in [1.165, 1.54) is 6.07 Å². The van der Waals surface area contributed by atoms with Gasteiger partial charge in [0.25, 0.3) is 10.0 Å². The van der Waals surface area contributed by atoms with E-state index in [-0.39, 0.29) is 28.5 Å². The highest BCUT2D eigenvalue weighted by molar-refractivity contribution is 7.89. The van der Waals surface area contributed by atoms with Crippen LogP contribution in [0.5, 0.6) is 0 Å². The van der Waals surface area contributed by atoms with Crippen molar-refractivity contribution in [1.82, 2.24) is 4.72 Å². The molecule has 0 atom stereocenters. The van der Waals surface area contributed by atoms with E-state index < -0.39 is 10.0 Å². The summed E-state index contributed by atoms with van der Waals surface area (Å²) in [6.07, 6.45) is 2.76. The van der Waals surface area contributed by atoms with Crippen LogP contribution in [0.2, 0.25) is 0 Å². The van der Waals surface area contributed by atoms with Crippen LogP contribution in [0.4, 0.5) is 0 Å². The smallest absolute Gasteiger partial charge is 0.274 e. The lowest BCUT2D eigenvalue weighted by molar-refractivity contribution is 0.0932. The second-order valence-corrected chi connectivity index (χ2v) is 9.30. The van der Waals surface area contributed by atoms with E-state index in [4.69, 9.17) is 10.2 Å². The molecule has 21 heavy (non-hydrogen) atoms. The number of furan rings is 1. The molecule has 1 heterocycles. The fourth-order valence-electron chi connectivity index (χ4n) is 3.82. The Balaban J connectivity index is 2.16. The molecule has 2 rings (SSSR count). The van der Waals surface area contributed by atoms with Crippen molar-refractivity contribution in [2.75, 3.05) is 0 Å².